The Hall–Kier alpha value is -2.11. The van der Waals surface area contributed by atoms with Gasteiger partial charge in [0.2, 0.25) is 10.0 Å². The predicted molar refractivity (Wildman–Crippen MR) is 90.4 cm³/mol. The summed E-state index contributed by atoms with van der Waals surface area (Å²) < 4.78 is 58.9. The van der Waals surface area contributed by atoms with E-state index < -0.39 is 32.6 Å². The molecule has 11 heteroatoms. The second-order valence-electron chi connectivity index (χ2n) is 5.37. The van der Waals surface area contributed by atoms with Gasteiger partial charge in [0.1, 0.15) is 11.6 Å². The van der Waals surface area contributed by atoms with Gasteiger partial charge in [-0.25, -0.2) is 27.0 Å². The van der Waals surface area contributed by atoms with Gasteiger partial charge in [-0.15, -0.1) is 0 Å². The highest BCUT2D eigenvalue weighted by molar-refractivity contribution is 7.89. The maximum atomic E-state index is 13.9. The molecule has 1 aromatic carbocycles. The summed E-state index contributed by atoms with van der Waals surface area (Å²) in [5, 5.41) is 2.74. The molecule has 1 aliphatic heterocycles. The molecule has 0 radical (unpaired) electrons. The molecular formula is C15H15F2N3O4S2. The fourth-order valence-corrected chi connectivity index (χ4v) is 5.15. The molecule has 0 spiro atoms. The Morgan fingerprint density at radius 3 is 2.73 bits per heavy atom. The first-order valence-corrected chi connectivity index (χ1v) is 9.95. The zero-order chi connectivity index (χ0) is 18.9. The molecule has 3 rings (SSSR count). The number of sulfonamides is 1. The van der Waals surface area contributed by atoms with Crippen molar-refractivity contribution in [1.29, 1.82) is 0 Å². The van der Waals surface area contributed by atoms with Crippen LogP contribution in [0.1, 0.15) is 17.5 Å². The van der Waals surface area contributed by atoms with Gasteiger partial charge < -0.3 is 4.74 Å². The number of carbonyl (C=O) groups excluding carboxylic acids is 1. The highest BCUT2D eigenvalue weighted by Gasteiger charge is 2.34. The van der Waals surface area contributed by atoms with Crippen LogP contribution >= 0.6 is 11.3 Å². The quantitative estimate of drug-likeness (QED) is 0.848. The third kappa shape index (κ3) is 3.55. The fourth-order valence-electron chi connectivity index (χ4n) is 2.54. The summed E-state index contributed by atoms with van der Waals surface area (Å²) in [5.74, 6) is -2.27. The number of nitrogens with one attached hydrogen (secondary N) is 1. The Labute approximate surface area is 152 Å². The standard InChI is InChI=1S/C15H15F2N3O4S2/c1-2-24-15(21)19-14-18-11-6-7-20(8-12(11)25-14)26(22,23)13-9(16)4-3-5-10(13)17/h3-5H,2,6-8H2,1H3,(H,18,19,21). The third-order valence-corrected chi connectivity index (χ3v) is 6.59. The minimum absolute atomic E-state index is 0.0334. The Balaban J connectivity index is 1.84. The van der Waals surface area contributed by atoms with Crippen molar-refractivity contribution >= 4 is 32.6 Å². The average Bonchev–Trinajstić information content (AvgIpc) is 2.95. The Bertz CT molecular complexity index is 926. The minimum atomic E-state index is -4.34. The van der Waals surface area contributed by atoms with Crippen LogP contribution in [0.5, 0.6) is 0 Å². The zero-order valence-corrected chi connectivity index (χ0v) is 15.3. The summed E-state index contributed by atoms with van der Waals surface area (Å²) in [6.45, 7) is 1.83. The van der Waals surface area contributed by atoms with Crippen LogP contribution in [0.2, 0.25) is 0 Å². The molecule has 0 atom stereocenters. The van der Waals surface area contributed by atoms with Crippen LogP contribution in [0.25, 0.3) is 0 Å². The van der Waals surface area contributed by atoms with Crippen LogP contribution in [0.15, 0.2) is 23.1 Å². The first kappa shape index (κ1) is 18.7. The van der Waals surface area contributed by atoms with E-state index in [1.54, 1.807) is 6.92 Å². The molecule has 2 heterocycles. The Morgan fingerprint density at radius 2 is 2.08 bits per heavy atom. The van der Waals surface area contributed by atoms with E-state index in [1.807, 2.05) is 0 Å². The average molecular weight is 403 g/mol. The number of aromatic nitrogens is 1. The molecule has 0 unspecified atom stereocenters. The number of benzene rings is 1. The van der Waals surface area contributed by atoms with Crippen LogP contribution in [0.3, 0.4) is 0 Å². The summed E-state index contributed by atoms with van der Waals surface area (Å²) in [5.41, 5.74) is 0.641. The number of nitrogens with zero attached hydrogens (tertiary/aromatic N) is 2. The molecule has 2 aromatic rings. The van der Waals surface area contributed by atoms with Crippen LogP contribution < -0.4 is 5.32 Å². The van der Waals surface area contributed by atoms with Gasteiger partial charge in [0.15, 0.2) is 10.0 Å². The van der Waals surface area contributed by atoms with Gasteiger partial charge in [0.25, 0.3) is 0 Å². The van der Waals surface area contributed by atoms with Crippen molar-refractivity contribution in [2.24, 2.45) is 0 Å². The number of amides is 1. The zero-order valence-electron chi connectivity index (χ0n) is 13.7. The van der Waals surface area contributed by atoms with E-state index in [0.29, 0.717) is 10.6 Å². The van der Waals surface area contributed by atoms with Gasteiger partial charge in [0.05, 0.1) is 18.8 Å². The topological polar surface area (TPSA) is 88.6 Å². The van der Waals surface area contributed by atoms with Crippen molar-refractivity contribution in [3.8, 4) is 0 Å². The van der Waals surface area contributed by atoms with Crippen molar-refractivity contribution in [2.45, 2.75) is 24.8 Å². The van der Waals surface area contributed by atoms with Gasteiger partial charge in [0, 0.05) is 17.8 Å². The summed E-state index contributed by atoms with van der Waals surface area (Å²) in [4.78, 5) is 15.3. The number of carbonyl (C=O) groups is 1. The van der Waals surface area contributed by atoms with Gasteiger partial charge >= 0.3 is 6.09 Å². The van der Waals surface area contributed by atoms with Gasteiger partial charge in [-0.3, -0.25) is 5.32 Å². The van der Waals surface area contributed by atoms with Crippen molar-refractivity contribution in [1.82, 2.24) is 9.29 Å². The van der Waals surface area contributed by atoms with Crippen molar-refractivity contribution in [2.75, 3.05) is 18.5 Å². The van der Waals surface area contributed by atoms with E-state index in [-0.39, 0.29) is 31.2 Å². The smallest absolute Gasteiger partial charge is 0.413 e. The van der Waals surface area contributed by atoms with E-state index in [0.717, 1.165) is 33.8 Å². The molecule has 0 aliphatic carbocycles. The molecular weight excluding hydrogens is 388 g/mol. The summed E-state index contributed by atoms with van der Waals surface area (Å²) in [7, 11) is -4.34. The summed E-state index contributed by atoms with van der Waals surface area (Å²) in [6.07, 6.45) is -0.387. The number of rotatable bonds is 4. The lowest BCUT2D eigenvalue weighted by molar-refractivity contribution is 0.168. The molecule has 1 amide bonds. The molecule has 0 fully saturated rings. The van der Waals surface area contributed by atoms with Crippen molar-refractivity contribution < 1.29 is 26.7 Å². The SMILES string of the molecule is CCOC(=O)Nc1nc2c(s1)CN(S(=O)(=O)c1c(F)cccc1F)CC2. The number of ether oxygens (including phenoxy) is 1. The van der Waals surface area contributed by atoms with Gasteiger partial charge in [-0.05, 0) is 19.1 Å². The van der Waals surface area contributed by atoms with E-state index >= 15 is 0 Å². The molecule has 7 nitrogen and oxygen atoms in total. The maximum Gasteiger partial charge on any atom is 0.413 e. The third-order valence-electron chi connectivity index (χ3n) is 3.70. The largest absolute Gasteiger partial charge is 0.450 e. The lowest BCUT2D eigenvalue weighted by Crippen LogP contribution is -2.36. The fraction of sp³-hybridized carbons (Fsp3) is 0.333. The number of fused-ring (bicyclic) bond motifs is 1. The highest BCUT2D eigenvalue weighted by atomic mass is 32.2. The first-order valence-electron chi connectivity index (χ1n) is 7.69. The number of halogens is 2. The van der Waals surface area contributed by atoms with E-state index in [2.05, 4.69) is 10.3 Å². The van der Waals surface area contributed by atoms with Gasteiger partial charge in [-0.1, -0.05) is 17.4 Å². The molecule has 1 aromatic heterocycles. The van der Waals surface area contributed by atoms with Crippen LogP contribution in [0, 0.1) is 11.6 Å². The lowest BCUT2D eigenvalue weighted by Gasteiger charge is -2.25. The molecule has 1 aliphatic rings. The van der Waals surface area contributed by atoms with Crippen LogP contribution in [0.4, 0.5) is 18.7 Å². The van der Waals surface area contributed by atoms with E-state index in [4.69, 9.17) is 4.74 Å². The Morgan fingerprint density at radius 1 is 1.38 bits per heavy atom. The monoisotopic (exact) mass is 403 g/mol. The van der Waals surface area contributed by atoms with Crippen molar-refractivity contribution in [3.05, 3.63) is 40.4 Å². The molecule has 0 bridgehead atoms. The lowest BCUT2D eigenvalue weighted by atomic mass is 10.2. The normalized spacial score (nSPS) is 14.7. The summed E-state index contributed by atoms with van der Waals surface area (Å²) >= 11 is 1.10. The number of thiazole rings is 1. The molecule has 0 saturated heterocycles. The maximum absolute atomic E-state index is 13.9. The van der Waals surface area contributed by atoms with E-state index in [9.17, 15) is 22.0 Å². The molecule has 140 valence electrons. The second kappa shape index (κ2) is 7.25. The first-order chi connectivity index (χ1) is 12.3. The molecule has 0 saturated carbocycles. The predicted octanol–water partition coefficient (Wildman–Crippen LogP) is 2.74. The second-order valence-corrected chi connectivity index (χ2v) is 8.33. The van der Waals surface area contributed by atoms with Crippen molar-refractivity contribution in [3.63, 3.8) is 0 Å². The number of hydrogen-bond donors (Lipinski definition) is 1. The Kier molecular flexibility index (Phi) is 5.21. The molecule has 26 heavy (non-hydrogen) atoms. The summed E-state index contributed by atoms with van der Waals surface area (Å²) in [6, 6.07) is 2.91. The van der Waals surface area contributed by atoms with Crippen LogP contribution in [-0.2, 0) is 27.7 Å². The number of hydrogen-bond acceptors (Lipinski definition) is 6. The van der Waals surface area contributed by atoms with Crippen LogP contribution in [-0.4, -0.2) is 37.0 Å². The van der Waals surface area contributed by atoms with E-state index in [1.165, 1.54) is 0 Å². The highest BCUT2D eigenvalue weighted by Crippen LogP contribution is 2.32. The van der Waals surface area contributed by atoms with Gasteiger partial charge in [-0.2, -0.15) is 4.31 Å². The number of anilines is 1. The minimum Gasteiger partial charge on any atom is -0.450 e. The molecule has 1 N–H and O–H groups in total.